The summed E-state index contributed by atoms with van der Waals surface area (Å²) < 4.78 is 4.58. The van der Waals surface area contributed by atoms with Crippen molar-refractivity contribution >= 4 is 43.6 Å². The van der Waals surface area contributed by atoms with Gasteiger partial charge in [0.25, 0.3) is 0 Å². The molecule has 0 saturated carbocycles. The monoisotopic (exact) mass is 510 g/mol. The van der Waals surface area contributed by atoms with Gasteiger partial charge in [0.15, 0.2) is 0 Å². The van der Waals surface area contributed by atoms with Gasteiger partial charge in [-0.3, -0.25) is 4.98 Å². The number of nitrogens with zero attached hydrogens (tertiary/aromatic N) is 4. The largest absolute Gasteiger partial charge is 0.309 e. The van der Waals surface area contributed by atoms with Gasteiger partial charge in [0, 0.05) is 33.3 Å². The molecule has 0 aliphatic heterocycles. The molecule has 0 bridgehead atoms. The quantitative estimate of drug-likeness (QED) is 0.238. The van der Waals surface area contributed by atoms with Crippen molar-refractivity contribution in [2.75, 3.05) is 0 Å². The number of hydrogen-bond donors (Lipinski definition) is 0. The molecular formula is C36H22N4. The molecule has 0 aliphatic rings. The van der Waals surface area contributed by atoms with Crippen LogP contribution in [0.15, 0.2) is 134 Å². The normalized spacial score (nSPS) is 11.5. The molecule has 3 heterocycles. The average molecular weight is 511 g/mol. The first-order valence-corrected chi connectivity index (χ1v) is 13.3. The molecule has 5 aromatic carbocycles. The first kappa shape index (κ1) is 22.3. The third kappa shape index (κ3) is 3.15. The number of pyridine rings is 1. The Labute approximate surface area is 230 Å². The van der Waals surface area contributed by atoms with Gasteiger partial charge in [0.1, 0.15) is 0 Å². The fraction of sp³-hybridized carbons (Fsp3) is 0. The van der Waals surface area contributed by atoms with Gasteiger partial charge in [-0.2, -0.15) is 5.26 Å². The topological polar surface area (TPSA) is 46.5 Å². The molecule has 4 heteroatoms. The van der Waals surface area contributed by atoms with Crippen molar-refractivity contribution in [3.63, 3.8) is 0 Å². The van der Waals surface area contributed by atoms with Gasteiger partial charge < -0.3 is 9.13 Å². The highest BCUT2D eigenvalue weighted by atomic mass is 15.0. The van der Waals surface area contributed by atoms with Gasteiger partial charge in [-0.1, -0.05) is 72.8 Å². The Kier molecular flexibility index (Phi) is 4.85. The van der Waals surface area contributed by atoms with Crippen LogP contribution in [-0.2, 0) is 0 Å². The molecule has 0 N–H and O–H groups in total. The van der Waals surface area contributed by atoms with E-state index in [1.165, 1.54) is 21.5 Å². The molecule has 0 fully saturated rings. The zero-order valence-electron chi connectivity index (χ0n) is 21.5. The second-order valence-corrected chi connectivity index (χ2v) is 9.95. The van der Waals surface area contributed by atoms with Crippen LogP contribution in [0.3, 0.4) is 0 Å². The molecule has 0 aliphatic carbocycles. The van der Waals surface area contributed by atoms with Gasteiger partial charge in [-0.15, -0.1) is 0 Å². The molecule has 0 radical (unpaired) electrons. The molecule has 0 amide bonds. The lowest BCUT2D eigenvalue weighted by Crippen LogP contribution is -2.03. The summed E-state index contributed by atoms with van der Waals surface area (Å²) in [4.78, 5) is 4.99. The number of fused-ring (bicyclic) bond motifs is 6. The average Bonchev–Trinajstić information content (AvgIpc) is 3.54. The van der Waals surface area contributed by atoms with Crippen LogP contribution in [0.2, 0.25) is 0 Å². The van der Waals surface area contributed by atoms with Crippen LogP contribution in [0.4, 0.5) is 0 Å². The summed E-state index contributed by atoms with van der Waals surface area (Å²) >= 11 is 0. The summed E-state index contributed by atoms with van der Waals surface area (Å²) in [5.41, 5.74) is 8.79. The van der Waals surface area contributed by atoms with E-state index in [9.17, 15) is 5.26 Å². The molecule has 0 atom stereocenters. The number of benzene rings is 5. The Morgan fingerprint density at radius 2 is 0.975 bits per heavy atom. The Morgan fingerprint density at radius 3 is 1.48 bits per heavy atom. The van der Waals surface area contributed by atoms with E-state index in [-0.39, 0.29) is 0 Å². The second-order valence-electron chi connectivity index (χ2n) is 9.95. The van der Waals surface area contributed by atoms with E-state index in [4.69, 9.17) is 4.98 Å². The number of rotatable bonds is 3. The van der Waals surface area contributed by atoms with E-state index < -0.39 is 0 Å². The minimum Gasteiger partial charge on any atom is -0.309 e. The minimum atomic E-state index is 0.606. The summed E-state index contributed by atoms with van der Waals surface area (Å²) in [7, 11) is 0. The lowest BCUT2D eigenvalue weighted by atomic mass is 10.0. The molecule has 186 valence electrons. The second kappa shape index (κ2) is 8.69. The van der Waals surface area contributed by atoms with E-state index in [1.54, 1.807) is 0 Å². The molecule has 8 rings (SSSR count). The van der Waals surface area contributed by atoms with Crippen molar-refractivity contribution in [1.82, 2.24) is 14.1 Å². The predicted octanol–water partition coefficient (Wildman–Crippen LogP) is 8.81. The Balaban J connectivity index is 1.49. The van der Waals surface area contributed by atoms with Crippen molar-refractivity contribution in [3.05, 3.63) is 139 Å². The lowest BCUT2D eigenvalue weighted by molar-refractivity contribution is 1.13. The van der Waals surface area contributed by atoms with Gasteiger partial charge in [-0.25, -0.2) is 0 Å². The van der Waals surface area contributed by atoms with Crippen LogP contribution < -0.4 is 0 Å². The zero-order chi connectivity index (χ0) is 26.6. The van der Waals surface area contributed by atoms with Crippen LogP contribution in [0.1, 0.15) is 5.56 Å². The first-order valence-electron chi connectivity index (χ1n) is 13.3. The van der Waals surface area contributed by atoms with Gasteiger partial charge >= 0.3 is 0 Å². The van der Waals surface area contributed by atoms with Crippen LogP contribution in [0.5, 0.6) is 0 Å². The fourth-order valence-corrected chi connectivity index (χ4v) is 6.14. The molecule has 4 nitrogen and oxygen atoms in total. The molecule has 40 heavy (non-hydrogen) atoms. The van der Waals surface area contributed by atoms with Gasteiger partial charge in [0.2, 0.25) is 0 Å². The van der Waals surface area contributed by atoms with Crippen molar-refractivity contribution in [3.8, 4) is 28.7 Å². The summed E-state index contributed by atoms with van der Waals surface area (Å²) in [5.74, 6) is 0. The van der Waals surface area contributed by atoms with Gasteiger partial charge in [0.05, 0.1) is 50.8 Å². The minimum absolute atomic E-state index is 0.606. The third-order valence-corrected chi connectivity index (χ3v) is 7.81. The fourth-order valence-electron chi connectivity index (χ4n) is 6.14. The predicted molar refractivity (Wildman–Crippen MR) is 163 cm³/mol. The summed E-state index contributed by atoms with van der Waals surface area (Å²) in [6.45, 7) is 0. The summed E-state index contributed by atoms with van der Waals surface area (Å²) in [6.07, 6.45) is 1.85. The zero-order valence-corrected chi connectivity index (χ0v) is 21.5. The van der Waals surface area contributed by atoms with Crippen LogP contribution in [0, 0.1) is 11.3 Å². The molecular weight excluding hydrogens is 488 g/mol. The first-order chi connectivity index (χ1) is 19.8. The highest BCUT2D eigenvalue weighted by Gasteiger charge is 2.21. The molecule has 0 unspecified atom stereocenters. The number of para-hydroxylation sites is 4. The van der Waals surface area contributed by atoms with Crippen LogP contribution in [0.25, 0.3) is 66.2 Å². The number of aromatic nitrogens is 3. The van der Waals surface area contributed by atoms with Gasteiger partial charge in [-0.05, 0) is 54.6 Å². The van der Waals surface area contributed by atoms with E-state index in [1.807, 2.05) is 30.5 Å². The molecule has 0 spiro atoms. The molecule has 8 aromatic rings. The smallest absolute Gasteiger partial charge is 0.0992 e. The van der Waals surface area contributed by atoms with E-state index in [2.05, 4.69) is 118 Å². The van der Waals surface area contributed by atoms with Crippen molar-refractivity contribution in [2.45, 2.75) is 0 Å². The van der Waals surface area contributed by atoms with Crippen molar-refractivity contribution < 1.29 is 0 Å². The van der Waals surface area contributed by atoms with Crippen molar-refractivity contribution in [2.24, 2.45) is 0 Å². The lowest BCUT2D eigenvalue weighted by Gasteiger charge is -2.17. The maximum Gasteiger partial charge on any atom is 0.0992 e. The highest BCUT2D eigenvalue weighted by molar-refractivity contribution is 6.11. The summed E-state index contributed by atoms with van der Waals surface area (Å²) in [5, 5.41) is 14.7. The van der Waals surface area contributed by atoms with E-state index >= 15 is 0 Å². The maximum atomic E-state index is 9.91. The van der Waals surface area contributed by atoms with E-state index in [0.717, 1.165) is 44.7 Å². The van der Waals surface area contributed by atoms with E-state index in [0.29, 0.717) is 5.56 Å². The van der Waals surface area contributed by atoms with Crippen LogP contribution in [-0.4, -0.2) is 14.1 Å². The molecule has 0 saturated heterocycles. The number of hydrogen-bond acceptors (Lipinski definition) is 2. The Bertz CT molecular complexity index is 2190. The standard InChI is InChI=1S/C36H22N4/c37-23-24-19-20-29(35(22-24)40-32-16-7-3-12-27(32)28-13-4-8-17-33(28)40)36-34(18-9-21-38-36)39-30-14-5-1-10-25(30)26-11-2-6-15-31(26)39/h1-22H. The van der Waals surface area contributed by atoms with Crippen molar-refractivity contribution in [1.29, 1.82) is 5.26 Å². The Morgan fingerprint density at radius 1 is 0.500 bits per heavy atom. The summed E-state index contributed by atoms with van der Waals surface area (Å²) in [6, 6.07) is 46.3. The Hall–Kier alpha value is -5.66. The highest BCUT2D eigenvalue weighted by Crippen LogP contribution is 2.39. The molecule has 3 aromatic heterocycles. The SMILES string of the molecule is N#Cc1ccc(-c2ncccc2-n2c3ccccc3c3ccccc32)c(-n2c3ccccc3c3ccccc32)c1. The van der Waals surface area contributed by atoms with Crippen LogP contribution >= 0.6 is 0 Å². The third-order valence-electron chi connectivity index (χ3n) is 7.81. The maximum absolute atomic E-state index is 9.91. The number of nitriles is 1.